The third-order valence-electron chi connectivity index (χ3n) is 4.61. The topological polar surface area (TPSA) is 70.2 Å². The van der Waals surface area contributed by atoms with Crippen LogP contribution in [0.25, 0.3) is 0 Å². The molecular formula is C16H30ClN3O2. The van der Waals surface area contributed by atoms with Gasteiger partial charge in [0, 0.05) is 19.0 Å². The SMILES string of the molecule is CC(NC(=O)CC1CCCCC1)C(=O)NC1CCCNC1.Cl. The third kappa shape index (κ3) is 6.53. The van der Waals surface area contributed by atoms with Crippen LogP contribution in [0.1, 0.15) is 58.3 Å². The summed E-state index contributed by atoms with van der Waals surface area (Å²) in [7, 11) is 0. The molecule has 2 unspecified atom stereocenters. The number of rotatable bonds is 5. The zero-order valence-electron chi connectivity index (χ0n) is 13.5. The molecule has 1 aliphatic heterocycles. The highest BCUT2D eigenvalue weighted by Gasteiger charge is 2.22. The Balaban J connectivity index is 0.00000242. The molecule has 2 fully saturated rings. The minimum atomic E-state index is -0.442. The van der Waals surface area contributed by atoms with Gasteiger partial charge in [0.2, 0.25) is 11.8 Å². The molecule has 6 heteroatoms. The van der Waals surface area contributed by atoms with Crippen molar-refractivity contribution >= 4 is 24.2 Å². The lowest BCUT2D eigenvalue weighted by molar-refractivity contribution is -0.129. The molecule has 2 aliphatic rings. The number of amides is 2. The van der Waals surface area contributed by atoms with Crippen LogP contribution in [-0.2, 0) is 9.59 Å². The van der Waals surface area contributed by atoms with Crippen LogP contribution in [-0.4, -0.2) is 37.0 Å². The first kappa shape index (κ1) is 19.2. The van der Waals surface area contributed by atoms with Gasteiger partial charge in [-0.15, -0.1) is 12.4 Å². The molecule has 0 spiro atoms. The van der Waals surface area contributed by atoms with Crippen LogP contribution in [0.3, 0.4) is 0 Å². The van der Waals surface area contributed by atoms with Gasteiger partial charge in [-0.1, -0.05) is 19.3 Å². The molecule has 1 heterocycles. The van der Waals surface area contributed by atoms with Crippen LogP contribution >= 0.6 is 12.4 Å². The summed E-state index contributed by atoms with van der Waals surface area (Å²) in [6, 6.07) is -0.244. The number of carbonyl (C=O) groups excluding carboxylic acids is 2. The number of hydrogen-bond donors (Lipinski definition) is 3. The fourth-order valence-corrected chi connectivity index (χ4v) is 3.32. The van der Waals surface area contributed by atoms with E-state index in [2.05, 4.69) is 16.0 Å². The van der Waals surface area contributed by atoms with Gasteiger partial charge >= 0.3 is 0 Å². The van der Waals surface area contributed by atoms with Crippen molar-refractivity contribution in [3.8, 4) is 0 Å². The molecule has 128 valence electrons. The van der Waals surface area contributed by atoms with E-state index in [1.54, 1.807) is 6.92 Å². The van der Waals surface area contributed by atoms with Gasteiger partial charge in [0.05, 0.1) is 0 Å². The van der Waals surface area contributed by atoms with Crippen LogP contribution in [0.2, 0.25) is 0 Å². The van der Waals surface area contributed by atoms with Crippen LogP contribution in [0.5, 0.6) is 0 Å². The second-order valence-corrected chi connectivity index (χ2v) is 6.55. The quantitative estimate of drug-likeness (QED) is 0.719. The first-order chi connectivity index (χ1) is 10.1. The molecular weight excluding hydrogens is 302 g/mol. The van der Waals surface area contributed by atoms with Gasteiger partial charge in [0.15, 0.2) is 0 Å². The van der Waals surface area contributed by atoms with Gasteiger partial charge in [-0.2, -0.15) is 0 Å². The van der Waals surface area contributed by atoms with Gasteiger partial charge in [-0.3, -0.25) is 9.59 Å². The zero-order valence-corrected chi connectivity index (χ0v) is 14.3. The number of carbonyl (C=O) groups is 2. The molecule has 5 nitrogen and oxygen atoms in total. The molecule has 2 amide bonds. The zero-order chi connectivity index (χ0) is 15.1. The van der Waals surface area contributed by atoms with Crippen molar-refractivity contribution in [2.45, 2.75) is 70.4 Å². The van der Waals surface area contributed by atoms with E-state index in [1.165, 1.54) is 19.3 Å². The number of halogens is 1. The second-order valence-electron chi connectivity index (χ2n) is 6.55. The predicted molar refractivity (Wildman–Crippen MR) is 90.1 cm³/mol. The van der Waals surface area contributed by atoms with E-state index in [4.69, 9.17) is 0 Å². The van der Waals surface area contributed by atoms with E-state index in [-0.39, 0.29) is 30.3 Å². The van der Waals surface area contributed by atoms with Gasteiger partial charge in [-0.05, 0) is 45.1 Å². The fraction of sp³-hybridized carbons (Fsp3) is 0.875. The highest BCUT2D eigenvalue weighted by Crippen LogP contribution is 2.26. The Morgan fingerprint density at radius 3 is 2.50 bits per heavy atom. The standard InChI is InChI=1S/C16H29N3O2.ClH/c1-12(16(21)19-14-8-5-9-17-11-14)18-15(20)10-13-6-3-2-4-7-13;/h12-14,17H,2-11H2,1H3,(H,18,20)(H,19,21);1H. The summed E-state index contributed by atoms with van der Waals surface area (Å²) >= 11 is 0. The van der Waals surface area contributed by atoms with Crippen molar-refractivity contribution in [1.29, 1.82) is 0 Å². The summed E-state index contributed by atoms with van der Waals surface area (Å²) < 4.78 is 0. The van der Waals surface area contributed by atoms with Crippen molar-refractivity contribution in [1.82, 2.24) is 16.0 Å². The van der Waals surface area contributed by atoms with E-state index in [0.29, 0.717) is 12.3 Å². The number of piperidine rings is 1. The van der Waals surface area contributed by atoms with E-state index < -0.39 is 6.04 Å². The van der Waals surface area contributed by atoms with E-state index in [1.807, 2.05) is 0 Å². The van der Waals surface area contributed by atoms with Crippen LogP contribution in [0.4, 0.5) is 0 Å². The van der Waals surface area contributed by atoms with Gasteiger partial charge in [0.1, 0.15) is 6.04 Å². The second kappa shape index (κ2) is 10.1. The van der Waals surface area contributed by atoms with Crippen LogP contribution in [0, 0.1) is 5.92 Å². The Morgan fingerprint density at radius 1 is 1.14 bits per heavy atom. The van der Waals surface area contributed by atoms with Crippen LogP contribution in [0.15, 0.2) is 0 Å². The lowest BCUT2D eigenvalue weighted by Crippen LogP contribution is -2.52. The maximum absolute atomic E-state index is 12.1. The first-order valence-electron chi connectivity index (χ1n) is 8.45. The highest BCUT2D eigenvalue weighted by molar-refractivity contribution is 5.87. The normalized spacial score (nSPS) is 24.0. The Morgan fingerprint density at radius 2 is 1.86 bits per heavy atom. The van der Waals surface area contributed by atoms with Crippen molar-refractivity contribution in [2.75, 3.05) is 13.1 Å². The molecule has 3 N–H and O–H groups in total. The summed E-state index contributed by atoms with van der Waals surface area (Å²) in [5.74, 6) is 0.462. The monoisotopic (exact) mass is 331 g/mol. The van der Waals surface area contributed by atoms with Gasteiger partial charge in [0.25, 0.3) is 0 Å². The smallest absolute Gasteiger partial charge is 0.242 e. The average Bonchev–Trinajstić information content (AvgIpc) is 2.49. The van der Waals surface area contributed by atoms with E-state index in [9.17, 15) is 9.59 Å². The molecule has 1 saturated carbocycles. The first-order valence-corrected chi connectivity index (χ1v) is 8.45. The Hall–Kier alpha value is -0.810. The minimum absolute atomic E-state index is 0. The molecule has 2 rings (SSSR count). The van der Waals surface area contributed by atoms with Crippen molar-refractivity contribution in [2.24, 2.45) is 5.92 Å². The number of hydrogen-bond acceptors (Lipinski definition) is 3. The Kier molecular flexibility index (Phi) is 8.79. The molecule has 2 atom stereocenters. The maximum Gasteiger partial charge on any atom is 0.242 e. The summed E-state index contributed by atoms with van der Waals surface area (Å²) in [6.45, 7) is 3.62. The van der Waals surface area contributed by atoms with Crippen molar-refractivity contribution < 1.29 is 9.59 Å². The van der Waals surface area contributed by atoms with Crippen molar-refractivity contribution in [3.05, 3.63) is 0 Å². The Bertz CT molecular complexity index is 353. The Labute approximate surface area is 139 Å². The molecule has 0 aromatic carbocycles. The predicted octanol–water partition coefficient (Wildman–Crippen LogP) is 1.75. The molecule has 0 aromatic rings. The molecule has 0 radical (unpaired) electrons. The highest BCUT2D eigenvalue weighted by atomic mass is 35.5. The molecule has 22 heavy (non-hydrogen) atoms. The summed E-state index contributed by atoms with van der Waals surface area (Å²) in [6.07, 6.45) is 8.76. The summed E-state index contributed by atoms with van der Waals surface area (Å²) in [5, 5.41) is 9.13. The molecule has 0 aromatic heterocycles. The van der Waals surface area contributed by atoms with Crippen LogP contribution < -0.4 is 16.0 Å². The van der Waals surface area contributed by atoms with Gasteiger partial charge < -0.3 is 16.0 Å². The van der Waals surface area contributed by atoms with Gasteiger partial charge in [-0.25, -0.2) is 0 Å². The fourth-order valence-electron chi connectivity index (χ4n) is 3.32. The average molecular weight is 332 g/mol. The lowest BCUT2D eigenvalue weighted by Gasteiger charge is -2.26. The maximum atomic E-state index is 12.1. The minimum Gasteiger partial charge on any atom is -0.350 e. The molecule has 0 bridgehead atoms. The van der Waals surface area contributed by atoms with Crippen molar-refractivity contribution in [3.63, 3.8) is 0 Å². The number of nitrogens with one attached hydrogen (secondary N) is 3. The van der Waals surface area contributed by atoms with E-state index in [0.717, 1.165) is 38.8 Å². The summed E-state index contributed by atoms with van der Waals surface area (Å²) in [5.41, 5.74) is 0. The third-order valence-corrected chi connectivity index (χ3v) is 4.61. The summed E-state index contributed by atoms with van der Waals surface area (Å²) in [4.78, 5) is 24.1. The largest absolute Gasteiger partial charge is 0.350 e. The lowest BCUT2D eigenvalue weighted by atomic mass is 9.87. The van der Waals surface area contributed by atoms with E-state index >= 15 is 0 Å². The molecule has 1 aliphatic carbocycles. The molecule has 1 saturated heterocycles.